The fourth-order valence-corrected chi connectivity index (χ4v) is 10.1. The van der Waals surface area contributed by atoms with Crippen LogP contribution >= 0.6 is 0 Å². The number of carbonyl (C=O) groups excluding carboxylic acids is 4. The van der Waals surface area contributed by atoms with E-state index in [-0.39, 0.29) is 72.2 Å². The highest BCUT2D eigenvalue weighted by Crippen LogP contribution is 2.50. The lowest BCUT2D eigenvalue weighted by Crippen LogP contribution is -2.49. The number of rotatable bonds is 10. The Labute approximate surface area is 368 Å². The molecule has 2 aromatic heterocycles. The lowest BCUT2D eigenvalue weighted by Gasteiger charge is -2.38. The first-order chi connectivity index (χ1) is 30.8. The summed E-state index contributed by atoms with van der Waals surface area (Å²) in [5, 5.41) is 26.1. The molecule has 4 N–H and O–H groups in total. The highest BCUT2D eigenvalue weighted by molar-refractivity contribution is 5.97. The van der Waals surface area contributed by atoms with E-state index in [0.717, 1.165) is 0 Å². The van der Waals surface area contributed by atoms with Crippen molar-refractivity contribution in [1.29, 1.82) is 0 Å². The maximum atomic E-state index is 13.5. The first-order valence-electron chi connectivity index (χ1n) is 21.5. The number of hydrogen-bond acceptors (Lipinski definition) is 8. The van der Waals surface area contributed by atoms with Crippen molar-refractivity contribution < 1.29 is 38.2 Å². The van der Waals surface area contributed by atoms with Crippen LogP contribution in [0.1, 0.15) is 83.0 Å². The first kappa shape index (κ1) is 45.5. The van der Waals surface area contributed by atoms with Crippen molar-refractivity contribution in [3.8, 4) is 0 Å². The highest BCUT2D eigenvalue weighted by Gasteiger charge is 2.59. The second kappa shape index (κ2) is 19.1. The number of carbonyl (C=O) groups is 4. The number of fused-ring (bicyclic) bond motifs is 8. The van der Waals surface area contributed by atoms with Crippen molar-refractivity contribution in [1.82, 2.24) is 29.6 Å². The second-order valence-corrected chi connectivity index (χ2v) is 16.3. The Kier molecular flexibility index (Phi) is 13.6. The topological polar surface area (TPSA) is 183 Å². The van der Waals surface area contributed by atoms with Gasteiger partial charge in [-0.3, -0.25) is 28.8 Å². The molecule has 6 heterocycles. The minimum Gasteiger partial charge on any atom is -0.396 e. The number of aliphatic hydroxyl groups excluding tert-OH is 2. The number of amides is 4. The average Bonchev–Trinajstić information content (AvgIpc) is 3.68. The molecule has 14 nitrogen and oxygen atoms in total. The largest absolute Gasteiger partial charge is 0.396 e. The van der Waals surface area contributed by atoms with Crippen LogP contribution in [0.3, 0.4) is 0 Å². The third-order valence-corrected chi connectivity index (χ3v) is 12.8. The number of benzene rings is 2. The normalized spacial score (nSPS) is 23.9. The quantitative estimate of drug-likeness (QED) is 0.185. The highest BCUT2D eigenvalue weighted by atomic mass is 19.1. The van der Waals surface area contributed by atoms with Gasteiger partial charge >= 0.3 is 0 Å². The minimum atomic E-state index is -0.720. The van der Waals surface area contributed by atoms with Crippen molar-refractivity contribution in [3.05, 3.63) is 151 Å². The van der Waals surface area contributed by atoms with E-state index in [2.05, 4.69) is 10.6 Å². The maximum absolute atomic E-state index is 13.5. The molecule has 64 heavy (non-hydrogen) atoms. The summed E-state index contributed by atoms with van der Waals surface area (Å²) in [5.41, 5.74) is 2.33. The van der Waals surface area contributed by atoms with Gasteiger partial charge in [-0.15, -0.1) is 0 Å². The van der Waals surface area contributed by atoms with Crippen LogP contribution in [0.2, 0.25) is 0 Å². The zero-order valence-electron chi connectivity index (χ0n) is 36.0. The van der Waals surface area contributed by atoms with Gasteiger partial charge in [0.2, 0.25) is 11.8 Å². The Morgan fingerprint density at radius 2 is 0.969 bits per heavy atom. The van der Waals surface area contributed by atoms with E-state index >= 15 is 0 Å². The summed E-state index contributed by atoms with van der Waals surface area (Å²) in [5.74, 6) is -4.67. The van der Waals surface area contributed by atoms with E-state index in [4.69, 9.17) is 0 Å². The van der Waals surface area contributed by atoms with Gasteiger partial charge in [0.25, 0.3) is 22.9 Å². The molecule has 0 unspecified atom stereocenters. The average molecular weight is 879 g/mol. The van der Waals surface area contributed by atoms with Crippen LogP contribution in [0.5, 0.6) is 0 Å². The number of aliphatic hydroxyl groups is 2. The first-order valence-corrected chi connectivity index (χ1v) is 21.5. The molecule has 2 fully saturated rings. The van der Waals surface area contributed by atoms with E-state index in [1.165, 1.54) is 48.5 Å². The number of aromatic nitrogens is 2. The molecule has 2 saturated heterocycles. The fraction of sp³-hybridized carbons (Fsp3) is 0.375. The lowest BCUT2D eigenvalue weighted by molar-refractivity contribution is -0.128. The summed E-state index contributed by atoms with van der Waals surface area (Å²) in [4.78, 5) is 82.6. The van der Waals surface area contributed by atoms with Gasteiger partial charge in [0.1, 0.15) is 11.6 Å². The molecule has 0 spiro atoms. The third kappa shape index (κ3) is 8.00. The molecule has 0 saturated carbocycles. The van der Waals surface area contributed by atoms with Crippen LogP contribution in [0, 0.1) is 35.3 Å². The van der Waals surface area contributed by atoms with Gasteiger partial charge in [-0.2, -0.15) is 0 Å². The lowest BCUT2D eigenvalue weighted by atomic mass is 9.86. The molecule has 8 atom stereocenters. The minimum absolute atomic E-state index is 0.171. The number of allylic oxidation sites excluding steroid dienone is 2. The molecular formula is C48H52F2N6O8. The number of hydrogen-bond donors (Lipinski definition) is 4. The van der Waals surface area contributed by atoms with Gasteiger partial charge in [0.15, 0.2) is 0 Å². The van der Waals surface area contributed by atoms with E-state index in [1.807, 2.05) is 13.8 Å². The summed E-state index contributed by atoms with van der Waals surface area (Å²) in [6, 6.07) is 14.9. The number of halogens is 2. The Morgan fingerprint density at radius 1 is 0.609 bits per heavy atom. The van der Waals surface area contributed by atoms with Crippen molar-refractivity contribution in [3.63, 3.8) is 0 Å². The molecule has 4 aliphatic rings. The standard InChI is InChI=1S/2C24H26FN3O4/c2*1-3-5-14-8-11-18-21-20(22(30)26-4-2)17(13-29)19(12-27(18)23(14)31)28(21)24(32)15-6-9-16(25)10-7-15/h2*3,5-11,17,19-21,29H,4,12-13H2,1-2H3,(H,26,30)/b5-3+;5-3-/t2*17-,19-,20+,21+/m11/s1. The Morgan fingerprint density at radius 3 is 1.28 bits per heavy atom. The van der Waals surface area contributed by atoms with Crippen LogP contribution in [0.15, 0.2) is 94.5 Å². The maximum Gasteiger partial charge on any atom is 0.258 e. The van der Waals surface area contributed by atoms with Crippen molar-refractivity contribution >= 4 is 35.8 Å². The van der Waals surface area contributed by atoms with E-state index in [9.17, 15) is 47.8 Å². The SMILES string of the molecule is C/C=C/c1ccc2n(c1=O)C[C@@H]1[C@@H](CO)[C@H](C(=O)NCC)[C@H]2N1C(=O)c1ccc(F)cc1.C/C=C\c1ccc2n(c1=O)C[C@@H]1[C@@H](CO)[C@H](C(=O)NCC)[C@H]2N1C(=O)c1ccc(F)cc1. The molecule has 336 valence electrons. The summed E-state index contributed by atoms with van der Waals surface area (Å²) in [7, 11) is 0. The number of pyridine rings is 2. The molecule has 4 aromatic rings. The summed E-state index contributed by atoms with van der Waals surface area (Å²) < 4.78 is 30.1. The Balaban J connectivity index is 0.000000191. The van der Waals surface area contributed by atoms with Crippen molar-refractivity contribution in [2.45, 2.75) is 65.0 Å². The van der Waals surface area contributed by atoms with Gasteiger partial charge in [-0.25, -0.2) is 8.78 Å². The van der Waals surface area contributed by atoms with Crippen LogP contribution in [0.4, 0.5) is 8.78 Å². The summed E-state index contributed by atoms with van der Waals surface area (Å²) in [6.45, 7) is 7.79. The van der Waals surface area contributed by atoms with Gasteiger partial charge in [0, 0.05) is 84.9 Å². The van der Waals surface area contributed by atoms with Gasteiger partial charge in [0.05, 0.1) is 36.0 Å². The zero-order chi connectivity index (χ0) is 46.0. The smallest absolute Gasteiger partial charge is 0.258 e. The molecule has 0 aliphatic carbocycles. The zero-order valence-corrected chi connectivity index (χ0v) is 36.0. The van der Waals surface area contributed by atoms with Gasteiger partial charge in [-0.05, 0) is 100 Å². The van der Waals surface area contributed by atoms with E-state index in [1.54, 1.807) is 81.4 Å². The Bertz CT molecular complexity index is 2430. The molecule has 16 heteroatoms. The number of nitrogens with zero attached hydrogens (tertiary/aromatic N) is 4. The number of nitrogens with one attached hydrogen (secondary N) is 2. The van der Waals surface area contributed by atoms with Crippen molar-refractivity contribution in [2.24, 2.45) is 23.7 Å². The molecular weight excluding hydrogens is 827 g/mol. The van der Waals surface area contributed by atoms with Gasteiger partial charge < -0.3 is 39.8 Å². The third-order valence-electron chi connectivity index (χ3n) is 12.8. The van der Waals surface area contributed by atoms with Crippen LogP contribution in [0.25, 0.3) is 12.2 Å². The van der Waals surface area contributed by atoms with Crippen LogP contribution < -0.4 is 21.8 Å². The van der Waals surface area contributed by atoms with E-state index in [0.29, 0.717) is 35.6 Å². The fourth-order valence-electron chi connectivity index (χ4n) is 10.1. The molecule has 0 radical (unpaired) electrons. The van der Waals surface area contributed by atoms with Crippen molar-refractivity contribution in [2.75, 3.05) is 26.3 Å². The second-order valence-electron chi connectivity index (χ2n) is 16.3. The molecule has 2 aromatic carbocycles. The summed E-state index contributed by atoms with van der Waals surface area (Å²) >= 11 is 0. The predicted molar refractivity (Wildman–Crippen MR) is 235 cm³/mol. The molecule has 4 bridgehead atoms. The summed E-state index contributed by atoms with van der Waals surface area (Å²) in [6.07, 6.45) is 7.00. The molecule has 8 rings (SSSR count). The van der Waals surface area contributed by atoms with Crippen LogP contribution in [-0.2, 0) is 22.7 Å². The van der Waals surface area contributed by atoms with E-state index < -0.39 is 59.5 Å². The molecule has 4 aliphatic heterocycles. The Hall–Kier alpha value is -6.52. The molecule has 4 amide bonds. The predicted octanol–water partition coefficient (Wildman–Crippen LogP) is 3.92. The van der Waals surface area contributed by atoms with Gasteiger partial charge in [-0.1, -0.05) is 24.3 Å². The van der Waals surface area contributed by atoms with Crippen LogP contribution in [-0.4, -0.2) is 91.2 Å². The monoisotopic (exact) mass is 878 g/mol.